The largest absolute Gasteiger partial charge is 0.308 e. The minimum Gasteiger partial charge on any atom is -0.308 e. The number of rotatable bonds is 5. The molecule has 0 aliphatic rings. The molecule has 1 atom stereocenters. The first-order valence-electron chi connectivity index (χ1n) is 5.95. The molecule has 0 saturated carbocycles. The summed E-state index contributed by atoms with van der Waals surface area (Å²) in [6, 6.07) is 6.30. The van der Waals surface area contributed by atoms with Crippen LogP contribution in [0.15, 0.2) is 36.8 Å². The topological polar surface area (TPSA) is 42.7 Å². The van der Waals surface area contributed by atoms with Gasteiger partial charge in [0.15, 0.2) is 0 Å². The van der Waals surface area contributed by atoms with Gasteiger partial charge in [0.05, 0.1) is 11.7 Å². The second-order valence-corrected chi connectivity index (χ2v) is 3.98. The minimum atomic E-state index is 0.173. The highest BCUT2D eigenvalue weighted by Crippen LogP contribution is 2.20. The molecule has 0 aliphatic carbocycles. The summed E-state index contributed by atoms with van der Waals surface area (Å²) in [5.74, 6) is 0. The number of nitrogens with one attached hydrogen (secondary N) is 1. The zero-order chi connectivity index (χ0) is 12.1. The molecule has 1 N–H and O–H groups in total. The third-order valence-electron chi connectivity index (χ3n) is 2.81. The van der Waals surface area contributed by atoms with Gasteiger partial charge >= 0.3 is 0 Å². The van der Waals surface area contributed by atoms with E-state index in [9.17, 15) is 0 Å². The normalized spacial score (nSPS) is 12.6. The van der Waals surface area contributed by atoms with Crippen molar-refractivity contribution in [2.75, 3.05) is 7.05 Å². The Hall–Kier alpha value is -1.68. The molecule has 0 saturated heterocycles. The molecule has 1 unspecified atom stereocenters. The lowest BCUT2D eigenvalue weighted by atomic mass is 10.1. The molecular formula is C13H18N4. The smallest absolute Gasteiger partial charge is 0.0746 e. The van der Waals surface area contributed by atoms with Gasteiger partial charge in [-0.1, -0.05) is 6.92 Å². The fraction of sp³-hybridized carbons (Fsp3) is 0.385. The van der Waals surface area contributed by atoms with Crippen molar-refractivity contribution < 1.29 is 0 Å². The van der Waals surface area contributed by atoms with E-state index in [2.05, 4.69) is 33.1 Å². The number of hydrogen-bond acceptors (Lipinski definition) is 3. The second-order valence-electron chi connectivity index (χ2n) is 3.98. The molecule has 0 bridgehead atoms. The van der Waals surface area contributed by atoms with Crippen LogP contribution >= 0.6 is 0 Å². The van der Waals surface area contributed by atoms with E-state index >= 15 is 0 Å². The lowest BCUT2D eigenvalue weighted by Crippen LogP contribution is -2.21. The molecule has 2 aromatic rings. The maximum atomic E-state index is 4.36. The van der Waals surface area contributed by atoms with Crippen LogP contribution in [0, 0.1) is 0 Å². The van der Waals surface area contributed by atoms with Crippen LogP contribution in [-0.2, 0) is 6.54 Å². The summed E-state index contributed by atoms with van der Waals surface area (Å²) < 4.78 is 2.06. The molecule has 4 heteroatoms. The van der Waals surface area contributed by atoms with Gasteiger partial charge in [0.1, 0.15) is 0 Å². The highest BCUT2D eigenvalue weighted by Gasteiger charge is 2.15. The van der Waals surface area contributed by atoms with E-state index in [0.717, 1.165) is 13.0 Å². The maximum absolute atomic E-state index is 4.36. The predicted molar refractivity (Wildman–Crippen MR) is 67.7 cm³/mol. The molecule has 0 amide bonds. The molecule has 0 fully saturated rings. The van der Waals surface area contributed by atoms with E-state index in [0.29, 0.717) is 0 Å². The van der Waals surface area contributed by atoms with Gasteiger partial charge in [0.25, 0.3) is 0 Å². The van der Waals surface area contributed by atoms with Gasteiger partial charge in [-0.05, 0) is 37.2 Å². The monoisotopic (exact) mass is 230 g/mol. The first-order valence-corrected chi connectivity index (χ1v) is 5.95. The average Bonchev–Trinajstić information content (AvgIpc) is 2.81. The fourth-order valence-corrected chi connectivity index (χ4v) is 2.03. The fourth-order valence-electron chi connectivity index (χ4n) is 2.03. The van der Waals surface area contributed by atoms with Crippen molar-refractivity contribution in [3.05, 3.63) is 48.0 Å². The molecule has 17 heavy (non-hydrogen) atoms. The summed E-state index contributed by atoms with van der Waals surface area (Å²) >= 11 is 0. The molecule has 90 valence electrons. The Labute approximate surface area is 102 Å². The number of aryl methyl sites for hydroxylation is 1. The van der Waals surface area contributed by atoms with Crippen molar-refractivity contribution in [3.8, 4) is 0 Å². The number of hydrogen-bond donors (Lipinski definition) is 1. The van der Waals surface area contributed by atoms with E-state index in [1.165, 1.54) is 11.3 Å². The molecule has 2 rings (SSSR count). The van der Waals surface area contributed by atoms with Crippen LogP contribution in [0.4, 0.5) is 0 Å². The molecule has 0 aliphatic heterocycles. The summed E-state index contributed by atoms with van der Waals surface area (Å²) in [5.41, 5.74) is 2.40. The molecular weight excluding hydrogens is 212 g/mol. The average molecular weight is 230 g/mol. The third kappa shape index (κ3) is 2.53. The van der Waals surface area contributed by atoms with Crippen LogP contribution < -0.4 is 5.32 Å². The van der Waals surface area contributed by atoms with E-state index < -0.39 is 0 Å². The second kappa shape index (κ2) is 5.59. The Morgan fingerprint density at radius 2 is 2.00 bits per heavy atom. The Kier molecular flexibility index (Phi) is 3.88. The van der Waals surface area contributed by atoms with Crippen molar-refractivity contribution in [1.82, 2.24) is 20.1 Å². The van der Waals surface area contributed by atoms with Gasteiger partial charge in [-0.3, -0.25) is 9.67 Å². The molecule has 2 aromatic heterocycles. The summed E-state index contributed by atoms with van der Waals surface area (Å²) in [4.78, 5) is 4.05. The first kappa shape index (κ1) is 11.8. The van der Waals surface area contributed by atoms with Crippen molar-refractivity contribution >= 4 is 0 Å². The van der Waals surface area contributed by atoms with Gasteiger partial charge in [-0.15, -0.1) is 0 Å². The zero-order valence-electron chi connectivity index (χ0n) is 10.3. The maximum Gasteiger partial charge on any atom is 0.0746 e. The Bertz CT molecular complexity index is 449. The van der Waals surface area contributed by atoms with E-state index in [-0.39, 0.29) is 6.04 Å². The molecule has 0 spiro atoms. The van der Waals surface area contributed by atoms with Crippen LogP contribution in [-0.4, -0.2) is 21.8 Å². The Morgan fingerprint density at radius 3 is 2.65 bits per heavy atom. The van der Waals surface area contributed by atoms with E-state index in [1.807, 2.05) is 37.8 Å². The van der Waals surface area contributed by atoms with E-state index in [4.69, 9.17) is 0 Å². The highest BCUT2D eigenvalue weighted by molar-refractivity contribution is 5.25. The van der Waals surface area contributed by atoms with Crippen LogP contribution in [0.3, 0.4) is 0 Å². The lowest BCUT2D eigenvalue weighted by molar-refractivity contribution is 0.534. The van der Waals surface area contributed by atoms with Gasteiger partial charge in [-0.2, -0.15) is 5.10 Å². The summed E-state index contributed by atoms with van der Waals surface area (Å²) in [6.07, 6.45) is 6.58. The van der Waals surface area contributed by atoms with Crippen LogP contribution in [0.1, 0.15) is 30.6 Å². The molecule has 4 nitrogen and oxygen atoms in total. The standard InChI is InChI=1S/C13H18N4/c1-3-10-17-12(6-9-16-17)13(14-2)11-4-7-15-8-5-11/h4-9,13-14H,3,10H2,1-2H3. The quantitative estimate of drug-likeness (QED) is 0.854. The van der Waals surface area contributed by atoms with Crippen molar-refractivity contribution in [2.45, 2.75) is 25.9 Å². The molecule has 0 radical (unpaired) electrons. The highest BCUT2D eigenvalue weighted by atomic mass is 15.3. The summed E-state index contributed by atoms with van der Waals surface area (Å²) in [7, 11) is 1.97. The number of nitrogens with zero attached hydrogens (tertiary/aromatic N) is 3. The SMILES string of the molecule is CCCn1nccc1C(NC)c1ccncc1. The minimum absolute atomic E-state index is 0.173. The molecule has 2 heterocycles. The van der Waals surface area contributed by atoms with Crippen molar-refractivity contribution in [1.29, 1.82) is 0 Å². The predicted octanol–water partition coefficient (Wildman–Crippen LogP) is 2.00. The zero-order valence-corrected chi connectivity index (χ0v) is 10.3. The number of aromatic nitrogens is 3. The van der Waals surface area contributed by atoms with Crippen LogP contribution in [0.25, 0.3) is 0 Å². The Morgan fingerprint density at radius 1 is 1.24 bits per heavy atom. The van der Waals surface area contributed by atoms with E-state index in [1.54, 1.807) is 0 Å². The van der Waals surface area contributed by atoms with Gasteiger partial charge in [0.2, 0.25) is 0 Å². The van der Waals surface area contributed by atoms with Crippen molar-refractivity contribution in [3.63, 3.8) is 0 Å². The number of pyridine rings is 1. The van der Waals surface area contributed by atoms with Gasteiger partial charge < -0.3 is 5.32 Å². The Balaban J connectivity index is 2.32. The van der Waals surface area contributed by atoms with Gasteiger partial charge in [0, 0.05) is 25.1 Å². The first-order chi connectivity index (χ1) is 8.36. The summed E-state index contributed by atoms with van der Waals surface area (Å²) in [5, 5.41) is 7.69. The van der Waals surface area contributed by atoms with Gasteiger partial charge in [-0.25, -0.2) is 0 Å². The van der Waals surface area contributed by atoms with Crippen LogP contribution in [0.2, 0.25) is 0 Å². The summed E-state index contributed by atoms with van der Waals surface area (Å²) in [6.45, 7) is 3.11. The lowest BCUT2D eigenvalue weighted by Gasteiger charge is -2.18. The third-order valence-corrected chi connectivity index (χ3v) is 2.81. The van der Waals surface area contributed by atoms with Crippen molar-refractivity contribution in [2.24, 2.45) is 0 Å². The molecule has 0 aromatic carbocycles. The van der Waals surface area contributed by atoms with Crippen LogP contribution in [0.5, 0.6) is 0 Å².